The first kappa shape index (κ1) is 20.0. The number of nitrogens with one attached hydrogen (secondary N) is 1. The van der Waals surface area contributed by atoms with E-state index in [-0.39, 0.29) is 12.0 Å². The molecule has 0 aliphatic rings. The van der Waals surface area contributed by atoms with E-state index in [9.17, 15) is 4.79 Å². The summed E-state index contributed by atoms with van der Waals surface area (Å²) in [6.45, 7) is 2.31. The number of aromatic nitrogens is 4. The lowest BCUT2D eigenvalue weighted by atomic mass is 10.1. The average Bonchev–Trinajstić information content (AvgIpc) is 3.11. The fourth-order valence-electron chi connectivity index (χ4n) is 2.55. The molecule has 1 aromatic carbocycles. The van der Waals surface area contributed by atoms with Crippen molar-refractivity contribution >= 4 is 11.7 Å². The van der Waals surface area contributed by atoms with E-state index in [1.165, 1.54) is 6.33 Å². The minimum absolute atomic E-state index is 0.183. The summed E-state index contributed by atoms with van der Waals surface area (Å²) in [5.74, 6) is 6.69. The molecule has 0 radical (unpaired) electrons. The van der Waals surface area contributed by atoms with E-state index in [0.29, 0.717) is 34.9 Å². The maximum absolute atomic E-state index is 12.7. The number of hydrogen-bond acceptors (Lipinski definition) is 6. The van der Waals surface area contributed by atoms with E-state index >= 15 is 0 Å². The fraction of sp³-hybridized carbons (Fsp3) is 0.238. The highest BCUT2D eigenvalue weighted by atomic mass is 16.5. The van der Waals surface area contributed by atoms with E-state index in [1.54, 1.807) is 61.7 Å². The minimum atomic E-state index is -0.306. The van der Waals surface area contributed by atoms with Crippen LogP contribution in [0.3, 0.4) is 0 Å². The van der Waals surface area contributed by atoms with Crippen LogP contribution in [-0.4, -0.2) is 45.5 Å². The van der Waals surface area contributed by atoms with Crippen LogP contribution in [0.5, 0.6) is 5.75 Å². The van der Waals surface area contributed by atoms with Crippen molar-refractivity contribution in [3.8, 4) is 17.6 Å². The summed E-state index contributed by atoms with van der Waals surface area (Å²) in [6.07, 6.45) is 6.25. The van der Waals surface area contributed by atoms with Crippen molar-refractivity contribution in [2.24, 2.45) is 7.05 Å². The number of carbonyl (C=O) groups is 1. The van der Waals surface area contributed by atoms with Crippen molar-refractivity contribution in [1.82, 2.24) is 19.7 Å². The van der Waals surface area contributed by atoms with Crippen LogP contribution in [0.4, 0.5) is 5.82 Å². The van der Waals surface area contributed by atoms with Gasteiger partial charge in [-0.1, -0.05) is 11.8 Å². The average molecular weight is 391 g/mol. The highest BCUT2D eigenvalue weighted by Crippen LogP contribution is 2.20. The third-order valence-corrected chi connectivity index (χ3v) is 3.77. The molecule has 0 aliphatic heterocycles. The molecule has 8 heteroatoms. The maximum Gasteiger partial charge on any atom is 0.257 e. The number of carbonyl (C=O) groups excluding carboxylic acids is 1. The van der Waals surface area contributed by atoms with Gasteiger partial charge in [0.05, 0.1) is 12.2 Å². The Bertz CT molecular complexity index is 1040. The number of ether oxygens (including phenoxy) is 2. The van der Waals surface area contributed by atoms with Crippen LogP contribution >= 0.6 is 0 Å². The first-order valence-electron chi connectivity index (χ1n) is 8.92. The van der Waals surface area contributed by atoms with Gasteiger partial charge < -0.3 is 14.8 Å². The van der Waals surface area contributed by atoms with Gasteiger partial charge in [-0.25, -0.2) is 9.97 Å². The van der Waals surface area contributed by atoms with Crippen molar-refractivity contribution in [3.05, 3.63) is 65.9 Å². The Morgan fingerprint density at radius 3 is 2.66 bits per heavy atom. The van der Waals surface area contributed by atoms with Gasteiger partial charge in [-0.2, -0.15) is 5.10 Å². The summed E-state index contributed by atoms with van der Waals surface area (Å²) in [4.78, 5) is 20.6. The van der Waals surface area contributed by atoms with Gasteiger partial charge in [0.25, 0.3) is 5.91 Å². The second-order valence-electron chi connectivity index (χ2n) is 6.34. The molecular weight excluding hydrogens is 370 g/mol. The Hall–Kier alpha value is -3.70. The zero-order valence-electron chi connectivity index (χ0n) is 16.4. The van der Waals surface area contributed by atoms with Gasteiger partial charge >= 0.3 is 0 Å². The summed E-state index contributed by atoms with van der Waals surface area (Å²) in [5, 5.41) is 6.93. The predicted molar refractivity (Wildman–Crippen MR) is 108 cm³/mol. The molecule has 0 bridgehead atoms. The van der Waals surface area contributed by atoms with Gasteiger partial charge in [-0.15, -0.1) is 0 Å². The van der Waals surface area contributed by atoms with Gasteiger partial charge in [-0.3, -0.25) is 9.48 Å². The standard InChI is InChI=1S/C21H21N5O3/c1-15(13-28-3)29-19-9-16(4-5-17-11-22-14-23-12-17)8-18(10-19)21(27)24-20-6-7-26(2)25-20/h6-12,14-15H,13H2,1-3H3,(H,24,25,27)/t15-/m0/s1. The quantitative estimate of drug-likeness (QED) is 0.648. The summed E-state index contributed by atoms with van der Waals surface area (Å²) in [5.41, 5.74) is 1.71. The van der Waals surface area contributed by atoms with E-state index in [4.69, 9.17) is 9.47 Å². The fourth-order valence-corrected chi connectivity index (χ4v) is 2.55. The number of rotatable bonds is 6. The van der Waals surface area contributed by atoms with Gasteiger partial charge in [0.1, 0.15) is 18.2 Å². The molecule has 8 nitrogen and oxygen atoms in total. The maximum atomic E-state index is 12.7. The molecule has 0 saturated heterocycles. The number of nitrogens with zero attached hydrogens (tertiary/aromatic N) is 4. The molecule has 148 valence electrons. The minimum Gasteiger partial charge on any atom is -0.488 e. The van der Waals surface area contributed by atoms with Crippen LogP contribution in [-0.2, 0) is 11.8 Å². The second-order valence-corrected chi connectivity index (χ2v) is 6.34. The Kier molecular flexibility index (Phi) is 6.55. The normalized spacial score (nSPS) is 11.3. The molecule has 3 rings (SSSR count). The largest absolute Gasteiger partial charge is 0.488 e. The van der Waals surface area contributed by atoms with Gasteiger partial charge in [0.15, 0.2) is 5.82 Å². The molecule has 1 amide bonds. The lowest BCUT2D eigenvalue weighted by molar-refractivity contribution is 0.0917. The molecule has 0 spiro atoms. The molecule has 0 fully saturated rings. The topological polar surface area (TPSA) is 91.2 Å². The van der Waals surface area contributed by atoms with Crippen molar-refractivity contribution < 1.29 is 14.3 Å². The SMILES string of the molecule is COC[C@H](C)Oc1cc(C#Cc2cncnc2)cc(C(=O)Nc2ccn(C)n2)c1. The lowest BCUT2D eigenvalue weighted by Crippen LogP contribution is -2.19. The molecule has 0 aliphatic carbocycles. The van der Waals surface area contributed by atoms with Crippen molar-refractivity contribution in [2.45, 2.75) is 13.0 Å². The van der Waals surface area contributed by atoms with Crippen LogP contribution in [0.15, 0.2) is 49.2 Å². The van der Waals surface area contributed by atoms with Crippen LogP contribution in [0.1, 0.15) is 28.4 Å². The number of methoxy groups -OCH3 is 1. The number of amides is 1. The molecular formula is C21H21N5O3. The van der Waals surface area contributed by atoms with Crippen molar-refractivity contribution in [2.75, 3.05) is 19.0 Å². The van der Waals surface area contributed by atoms with E-state index < -0.39 is 0 Å². The van der Waals surface area contributed by atoms with Gasteiger partial charge in [0.2, 0.25) is 0 Å². The molecule has 3 aromatic rings. The van der Waals surface area contributed by atoms with Crippen LogP contribution in [0.25, 0.3) is 0 Å². The Balaban J connectivity index is 1.89. The smallest absolute Gasteiger partial charge is 0.257 e. The number of hydrogen-bond donors (Lipinski definition) is 1. The van der Waals surface area contributed by atoms with E-state index in [0.717, 1.165) is 0 Å². The van der Waals surface area contributed by atoms with Gasteiger partial charge in [-0.05, 0) is 25.1 Å². The zero-order valence-corrected chi connectivity index (χ0v) is 16.4. The molecule has 0 unspecified atom stereocenters. The summed E-state index contributed by atoms with van der Waals surface area (Å²) >= 11 is 0. The third kappa shape index (κ3) is 5.89. The summed E-state index contributed by atoms with van der Waals surface area (Å²) < 4.78 is 12.6. The van der Waals surface area contributed by atoms with Crippen molar-refractivity contribution in [3.63, 3.8) is 0 Å². The summed E-state index contributed by atoms with van der Waals surface area (Å²) in [6, 6.07) is 6.86. The molecule has 1 atom stereocenters. The number of anilines is 1. The predicted octanol–water partition coefficient (Wildman–Crippen LogP) is 2.28. The lowest BCUT2D eigenvalue weighted by Gasteiger charge is -2.15. The highest BCUT2D eigenvalue weighted by molar-refractivity contribution is 6.04. The van der Waals surface area contributed by atoms with Gasteiger partial charge in [0, 0.05) is 49.9 Å². The van der Waals surface area contributed by atoms with Crippen LogP contribution < -0.4 is 10.1 Å². The molecule has 2 heterocycles. The second kappa shape index (κ2) is 9.48. The van der Waals surface area contributed by atoms with E-state index in [2.05, 4.69) is 32.2 Å². The van der Waals surface area contributed by atoms with Crippen molar-refractivity contribution in [1.29, 1.82) is 0 Å². The van der Waals surface area contributed by atoms with E-state index in [1.807, 2.05) is 6.92 Å². The first-order chi connectivity index (χ1) is 14.0. The molecule has 2 aromatic heterocycles. The molecule has 0 saturated carbocycles. The molecule has 29 heavy (non-hydrogen) atoms. The Labute approximate surface area is 168 Å². The Morgan fingerprint density at radius 2 is 1.97 bits per heavy atom. The van der Waals surface area contributed by atoms with Crippen LogP contribution in [0.2, 0.25) is 0 Å². The number of benzene rings is 1. The summed E-state index contributed by atoms with van der Waals surface area (Å²) in [7, 11) is 3.39. The monoisotopic (exact) mass is 391 g/mol. The Morgan fingerprint density at radius 1 is 1.21 bits per heavy atom. The number of aryl methyl sites for hydroxylation is 1. The first-order valence-corrected chi connectivity index (χ1v) is 8.92. The van der Waals surface area contributed by atoms with Crippen LogP contribution in [0, 0.1) is 11.8 Å². The zero-order chi connectivity index (χ0) is 20.6. The molecule has 1 N–H and O–H groups in total. The highest BCUT2D eigenvalue weighted by Gasteiger charge is 2.12. The third-order valence-electron chi connectivity index (χ3n) is 3.77.